The average Bonchev–Trinajstić information content (AvgIpc) is 3.06. The Hall–Kier alpha value is -3.11. The number of esters is 1. The summed E-state index contributed by atoms with van der Waals surface area (Å²) in [4.78, 5) is 25.3. The van der Waals surface area contributed by atoms with Gasteiger partial charge < -0.3 is 14.8 Å². The van der Waals surface area contributed by atoms with Crippen LogP contribution in [0, 0.1) is 17.2 Å². The Bertz CT molecular complexity index is 987. The summed E-state index contributed by atoms with van der Waals surface area (Å²) < 4.78 is 10.2. The van der Waals surface area contributed by atoms with Crippen molar-refractivity contribution in [2.45, 2.75) is 26.2 Å². The number of methoxy groups -OCH3 is 1. The van der Waals surface area contributed by atoms with Crippen molar-refractivity contribution < 1.29 is 19.1 Å². The number of amides is 1. The van der Waals surface area contributed by atoms with E-state index in [4.69, 9.17) is 9.47 Å². The number of benzene rings is 1. The number of fused-ring (bicyclic) bond motifs is 1. The molecule has 0 fully saturated rings. The third kappa shape index (κ3) is 5.04. The monoisotopic (exact) mass is 410 g/mol. The second-order valence-corrected chi connectivity index (χ2v) is 8.00. The number of nitrogens with zero attached hydrogens (tertiary/aromatic N) is 1. The lowest BCUT2D eigenvalue weighted by Gasteiger charge is -2.17. The summed E-state index contributed by atoms with van der Waals surface area (Å²) >= 11 is 1.44. The minimum absolute atomic E-state index is 0.418. The minimum Gasteiger partial charge on any atom is -0.496 e. The number of thiophene rings is 1. The van der Waals surface area contributed by atoms with Crippen LogP contribution in [0.3, 0.4) is 0 Å². The maximum absolute atomic E-state index is 12.2. The van der Waals surface area contributed by atoms with Crippen LogP contribution >= 0.6 is 11.3 Å². The highest BCUT2D eigenvalue weighted by Crippen LogP contribution is 2.39. The highest BCUT2D eigenvalue weighted by molar-refractivity contribution is 7.16. The molecule has 1 amide bonds. The topological polar surface area (TPSA) is 88.4 Å². The van der Waals surface area contributed by atoms with Gasteiger partial charge in [0.05, 0.1) is 12.7 Å². The van der Waals surface area contributed by atoms with Crippen molar-refractivity contribution >= 4 is 34.3 Å². The summed E-state index contributed by atoms with van der Waals surface area (Å²) in [5.41, 5.74) is 2.31. The minimum atomic E-state index is -0.633. The molecule has 1 aromatic heterocycles. The number of rotatable bonds is 6. The van der Waals surface area contributed by atoms with E-state index in [1.54, 1.807) is 25.3 Å². The van der Waals surface area contributed by atoms with Gasteiger partial charge in [0.1, 0.15) is 16.8 Å². The molecule has 1 heterocycles. The van der Waals surface area contributed by atoms with E-state index < -0.39 is 18.5 Å². The molecule has 3 rings (SSSR count). The van der Waals surface area contributed by atoms with Crippen LogP contribution in [-0.2, 0) is 27.2 Å². The summed E-state index contributed by atoms with van der Waals surface area (Å²) in [7, 11) is 1.55. The maximum Gasteiger partial charge on any atom is 0.331 e. The van der Waals surface area contributed by atoms with Crippen molar-refractivity contribution in [3.63, 3.8) is 0 Å². The summed E-state index contributed by atoms with van der Waals surface area (Å²) in [6.45, 7) is 1.77. The van der Waals surface area contributed by atoms with Crippen LogP contribution in [0.25, 0.3) is 6.08 Å². The van der Waals surface area contributed by atoms with Gasteiger partial charge in [-0.05, 0) is 42.9 Å². The lowest BCUT2D eigenvalue weighted by molar-refractivity contribution is -0.142. The second-order valence-electron chi connectivity index (χ2n) is 6.90. The van der Waals surface area contributed by atoms with Crippen LogP contribution in [0.4, 0.5) is 5.00 Å². The van der Waals surface area contributed by atoms with Crippen molar-refractivity contribution in [1.82, 2.24) is 0 Å². The fourth-order valence-corrected chi connectivity index (χ4v) is 4.64. The summed E-state index contributed by atoms with van der Waals surface area (Å²) in [6, 6.07) is 9.45. The van der Waals surface area contributed by atoms with Gasteiger partial charge in [0, 0.05) is 16.5 Å². The van der Waals surface area contributed by atoms with Crippen molar-refractivity contribution in [1.29, 1.82) is 5.26 Å². The lowest BCUT2D eigenvalue weighted by atomic mass is 9.89. The van der Waals surface area contributed by atoms with Gasteiger partial charge in [0.15, 0.2) is 6.61 Å². The molecule has 2 aromatic rings. The molecule has 29 heavy (non-hydrogen) atoms. The summed E-state index contributed by atoms with van der Waals surface area (Å²) in [6.07, 6.45) is 5.64. The molecule has 1 N–H and O–H groups in total. The van der Waals surface area contributed by atoms with Gasteiger partial charge >= 0.3 is 5.97 Å². The molecule has 0 bridgehead atoms. The van der Waals surface area contributed by atoms with Gasteiger partial charge in [-0.3, -0.25) is 4.79 Å². The first-order valence-corrected chi connectivity index (χ1v) is 10.2. The zero-order chi connectivity index (χ0) is 20.8. The molecule has 6 nitrogen and oxygen atoms in total. The quantitative estimate of drug-likeness (QED) is 0.575. The first kappa shape index (κ1) is 20.6. The fraction of sp³-hybridized carbons (Fsp3) is 0.318. The number of hydrogen-bond donors (Lipinski definition) is 1. The normalized spacial score (nSPS) is 15.4. The second kappa shape index (κ2) is 9.39. The number of anilines is 1. The molecule has 1 aliphatic carbocycles. The van der Waals surface area contributed by atoms with Crippen LogP contribution in [-0.4, -0.2) is 25.6 Å². The molecule has 1 aromatic carbocycles. The average molecular weight is 410 g/mol. The zero-order valence-electron chi connectivity index (χ0n) is 16.4. The third-order valence-corrected chi connectivity index (χ3v) is 5.93. The van der Waals surface area contributed by atoms with Crippen LogP contribution in [0.5, 0.6) is 5.75 Å². The highest BCUT2D eigenvalue weighted by Gasteiger charge is 2.24. The first-order valence-electron chi connectivity index (χ1n) is 9.34. The van der Waals surface area contributed by atoms with Crippen molar-refractivity contribution in [2.24, 2.45) is 5.92 Å². The van der Waals surface area contributed by atoms with Gasteiger partial charge in [-0.2, -0.15) is 5.26 Å². The molecule has 0 radical (unpaired) electrons. The molecule has 7 heteroatoms. The summed E-state index contributed by atoms with van der Waals surface area (Å²) in [5, 5.41) is 12.7. The number of para-hydroxylation sites is 1. The van der Waals surface area contributed by atoms with Gasteiger partial charge in [-0.15, -0.1) is 11.3 Å². The largest absolute Gasteiger partial charge is 0.496 e. The molecule has 1 atom stereocenters. The molecule has 150 valence electrons. The Morgan fingerprint density at radius 1 is 1.38 bits per heavy atom. The van der Waals surface area contributed by atoms with E-state index in [0.717, 1.165) is 35.3 Å². The number of carbonyl (C=O) groups excluding carboxylic acids is 2. The Labute approximate surface area is 173 Å². The van der Waals surface area contributed by atoms with E-state index in [-0.39, 0.29) is 0 Å². The van der Waals surface area contributed by atoms with Gasteiger partial charge in [0.2, 0.25) is 0 Å². The van der Waals surface area contributed by atoms with E-state index in [1.807, 2.05) is 12.1 Å². The first-order chi connectivity index (χ1) is 14.0. The third-order valence-electron chi connectivity index (χ3n) is 4.76. The van der Waals surface area contributed by atoms with E-state index in [9.17, 15) is 14.9 Å². The molecular formula is C22H22N2O4S. The van der Waals surface area contributed by atoms with Crippen molar-refractivity contribution in [3.8, 4) is 11.8 Å². The molecular weight excluding hydrogens is 388 g/mol. The predicted octanol–water partition coefficient (Wildman–Crippen LogP) is 3.95. The van der Waals surface area contributed by atoms with E-state index in [2.05, 4.69) is 18.3 Å². The van der Waals surface area contributed by atoms with Gasteiger partial charge in [-0.25, -0.2) is 4.79 Å². The van der Waals surface area contributed by atoms with Crippen molar-refractivity contribution in [3.05, 3.63) is 51.9 Å². The van der Waals surface area contributed by atoms with Gasteiger partial charge in [0.25, 0.3) is 5.91 Å². The van der Waals surface area contributed by atoms with E-state index >= 15 is 0 Å². The molecule has 0 aliphatic heterocycles. The Kier molecular flexibility index (Phi) is 6.68. The fourth-order valence-electron chi connectivity index (χ4n) is 3.27. The summed E-state index contributed by atoms with van der Waals surface area (Å²) in [5.74, 6) is 0.111. The van der Waals surface area contributed by atoms with Crippen LogP contribution in [0.15, 0.2) is 30.3 Å². The predicted molar refractivity (Wildman–Crippen MR) is 112 cm³/mol. The highest BCUT2D eigenvalue weighted by atomic mass is 32.1. The smallest absolute Gasteiger partial charge is 0.331 e. The molecule has 0 saturated heterocycles. The van der Waals surface area contributed by atoms with Crippen LogP contribution < -0.4 is 10.1 Å². The Morgan fingerprint density at radius 3 is 2.93 bits per heavy atom. The number of nitrogens with one attached hydrogen (secondary N) is 1. The number of hydrogen-bond acceptors (Lipinski definition) is 6. The lowest BCUT2D eigenvalue weighted by Crippen LogP contribution is -2.20. The standard InChI is InChI=1S/C22H22N2O4S/c1-14-7-9-16-17(12-23)22(29-19(16)11-14)24-20(25)13-28-21(26)10-8-15-5-3-4-6-18(15)27-2/h3-6,8,10,14H,7,9,11,13H2,1-2H3,(H,24,25)/b10-8+/t14-/m0/s1. The van der Waals surface area contributed by atoms with Gasteiger partial charge in [-0.1, -0.05) is 25.1 Å². The Balaban J connectivity index is 1.57. The number of ether oxygens (including phenoxy) is 2. The van der Waals surface area contributed by atoms with Crippen molar-refractivity contribution in [2.75, 3.05) is 19.0 Å². The SMILES string of the molecule is COc1ccccc1/C=C/C(=O)OCC(=O)Nc1sc2c(c1C#N)CC[C@H](C)C2. The van der Waals surface area contributed by atoms with Crippen LogP contribution in [0.1, 0.15) is 34.9 Å². The molecule has 0 spiro atoms. The zero-order valence-corrected chi connectivity index (χ0v) is 17.2. The molecule has 0 unspecified atom stereocenters. The maximum atomic E-state index is 12.2. The molecule has 1 aliphatic rings. The van der Waals surface area contributed by atoms with E-state index in [1.165, 1.54) is 17.4 Å². The Morgan fingerprint density at radius 2 is 2.17 bits per heavy atom. The number of carbonyl (C=O) groups is 2. The van der Waals surface area contributed by atoms with Crippen LogP contribution in [0.2, 0.25) is 0 Å². The van der Waals surface area contributed by atoms with E-state index in [0.29, 0.717) is 22.2 Å². The number of nitriles is 1. The molecule has 0 saturated carbocycles.